The maximum atomic E-state index is 13.0. The number of imidazole rings is 1. The second-order valence-electron chi connectivity index (χ2n) is 6.26. The molecule has 140 valence electrons. The summed E-state index contributed by atoms with van der Waals surface area (Å²) in [6.07, 6.45) is 4.13. The number of carbonyl (C=O) groups is 2. The van der Waals surface area contributed by atoms with Crippen molar-refractivity contribution in [2.75, 3.05) is 14.2 Å². The predicted molar refractivity (Wildman–Crippen MR) is 99.4 cm³/mol. The van der Waals surface area contributed by atoms with Crippen LogP contribution in [0.15, 0.2) is 24.5 Å². The average molecular weight is 358 g/mol. The minimum absolute atomic E-state index is 0.118. The number of rotatable bonds is 9. The summed E-state index contributed by atoms with van der Waals surface area (Å²) in [4.78, 5) is 29.0. The van der Waals surface area contributed by atoms with Crippen LogP contribution in [0, 0.1) is 5.92 Å². The van der Waals surface area contributed by atoms with E-state index in [0.717, 1.165) is 12.8 Å². The van der Waals surface area contributed by atoms with Crippen molar-refractivity contribution in [2.24, 2.45) is 5.92 Å². The zero-order valence-corrected chi connectivity index (χ0v) is 16.0. The van der Waals surface area contributed by atoms with Gasteiger partial charge in [-0.05, 0) is 24.5 Å². The molecule has 1 heterocycles. The zero-order chi connectivity index (χ0) is 19.3. The molecule has 2 rings (SSSR count). The zero-order valence-electron chi connectivity index (χ0n) is 16.0. The van der Waals surface area contributed by atoms with Gasteiger partial charge in [-0.1, -0.05) is 27.2 Å². The summed E-state index contributed by atoms with van der Waals surface area (Å²) in [6.45, 7) is 6.31. The predicted octanol–water partition coefficient (Wildman–Crippen LogP) is 3.94. The molecule has 1 aromatic heterocycles. The smallest absolute Gasteiger partial charge is 0.217 e. The van der Waals surface area contributed by atoms with E-state index in [1.165, 1.54) is 7.11 Å². The van der Waals surface area contributed by atoms with Crippen LogP contribution in [-0.4, -0.2) is 35.8 Å². The molecule has 0 N–H and O–H groups in total. The second kappa shape index (κ2) is 8.65. The first-order chi connectivity index (χ1) is 12.5. The van der Waals surface area contributed by atoms with E-state index >= 15 is 0 Å². The number of nitrogens with zero attached hydrogens (tertiary/aromatic N) is 2. The molecule has 6 heteroatoms. The number of aldehydes is 1. The van der Waals surface area contributed by atoms with Gasteiger partial charge in [0.1, 0.15) is 22.9 Å². The first-order valence-corrected chi connectivity index (χ1v) is 8.80. The van der Waals surface area contributed by atoms with E-state index in [1.807, 2.05) is 4.57 Å². The van der Waals surface area contributed by atoms with Gasteiger partial charge >= 0.3 is 0 Å². The minimum atomic E-state index is -0.343. The molecule has 2 unspecified atom stereocenters. The van der Waals surface area contributed by atoms with Crippen LogP contribution in [0.4, 0.5) is 0 Å². The van der Waals surface area contributed by atoms with Crippen molar-refractivity contribution in [3.05, 3.63) is 41.5 Å². The SMILES string of the molecule is CCC(C)C(CC)n1cnc(C(=O)c2ccc(OC)cc2OC)c1C=O. The first kappa shape index (κ1) is 19.7. The number of aromatic nitrogens is 2. The number of methoxy groups -OCH3 is 2. The number of carbonyl (C=O) groups excluding carboxylic acids is 2. The molecule has 0 aliphatic rings. The fourth-order valence-corrected chi connectivity index (χ4v) is 3.19. The summed E-state index contributed by atoms with van der Waals surface area (Å²) in [5, 5.41) is 0. The van der Waals surface area contributed by atoms with Crippen molar-refractivity contribution in [3.63, 3.8) is 0 Å². The van der Waals surface area contributed by atoms with Gasteiger partial charge in [0.25, 0.3) is 0 Å². The third kappa shape index (κ3) is 3.64. The summed E-state index contributed by atoms with van der Waals surface area (Å²) >= 11 is 0. The van der Waals surface area contributed by atoms with Crippen molar-refractivity contribution in [1.29, 1.82) is 0 Å². The average Bonchev–Trinajstić information content (AvgIpc) is 3.10. The topological polar surface area (TPSA) is 70.4 Å². The highest BCUT2D eigenvalue weighted by molar-refractivity contribution is 6.12. The molecule has 0 spiro atoms. The third-order valence-corrected chi connectivity index (χ3v) is 4.89. The van der Waals surface area contributed by atoms with E-state index in [2.05, 4.69) is 25.8 Å². The Morgan fingerprint density at radius 1 is 1.23 bits per heavy atom. The lowest BCUT2D eigenvalue weighted by Crippen LogP contribution is -2.18. The van der Waals surface area contributed by atoms with Gasteiger partial charge in [-0.25, -0.2) is 4.98 Å². The molecule has 2 atom stereocenters. The third-order valence-electron chi connectivity index (χ3n) is 4.89. The van der Waals surface area contributed by atoms with Crippen LogP contribution in [0.25, 0.3) is 0 Å². The highest BCUT2D eigenvalue weighted by atomic mass is 16.5. The molecule has 26 heavy (non-hydrogen) atoms. The number of ether oxygens (including phenoxy) is 2. The number of hydrogen-bond acceptors (Lipinski definition) is 5. The van der Waals surface area contributed by atoms with Gasteiger partial charge in [0.2, 0.25) is 5.78 Å². The Morgan fingerprint density at radius 2 is 1.96 bits per heavy atom. The number of hydrogen-bond donors (Lipinski definition) is 0. The Kier molecular flexibility index (Phi) is 6.55. The van der Waals surface area contributed by atoms with Crippen molar-refractivity contribution in [2.45, 2.75) is 39.7 Å². The Balaban J connectivity index is 2.50. The van der Waals surface area contributed by atoms with Crippen LogP contribution in [0.5, 0.6) is 11.5 Å². The molecule has 0 aliphatic heterocycles. The molecule has 0 saturated carbocycles. The van der Waals surface area contributed by atoms with Gasteiger partial charge in [-0.2, -0.15) is 0 Å². The molecule has 1 aromatic carbocycles. The van der Waals surface area contributed by atoms with Crippen LogP contribution in [0.1, 0.15) is 66.2 Å². The van der Waals surface area contributed by atoms with Gasteiger partial charge in [0.15, 0.2) is 6.29 Å². The van der Waals surface area contributed by atoms with Crippen LogP contribution in [0.3, 0.4) is 0 Å². The molecular formula is C20H26N2O4. The fourth-order valence-electron chi connectivity index (χ4n) is 3.19. The van der Waals surface area contributed by atoms with E-state index in [9.17, 15) is 9.59 Å². The van der Waals surface area contributed by atoms with Crippen LogP contribution in [-0.2, 0) is 0 Å². The maximum Gasteiger partial charge on any atom is 0.217 e. The van der Waals surface area contributed by atoms with Crippen LogP contribution < -0.4 is 9.47 Å². The molecule has 0 bridgehead atoms. The molecule has 6 nitrogen and oxygen atoms in total. The normalized spacial score (nSPS) is 13.1. The van der Waals surface area contributed by atoms with E-state index in [-0.39, 0.29) is 17.5 Å². The van der Waals surface area contributed by atoms with Crippen LogP contribution >= 0.6 is 0 Å². The van der Waals surface area contributed by atoms with Crippen molar-refractivity contribution in [1.82, 2.24) is 9.55 Å². The Labute approximate surface area is 154 Å². The quantitative estimate of drug-likeness (QED) is 0.501. The van der Waals surface area contributed by atoms with Gasteiger partial charge < -0.3 is 14.0 Å². The van der Waals surface area contributed by atoms with E-state index in [4.69, 9.17) is 9.47 Å². The lowest BCUT2D eigenvalue weighted by atomic mass is 9.96. The monoisotopic (exact) mass is 358 g/mol. The number of ketones is 1. The van der Waals surface area contributed by atoms with Gasteiger partial charge in [-0.15, -0.1) is 0 Å². The molecule has 0 aliphatic carbocycles. The summed E-state index contributed by atoms with van der Waals surface area (Å²) in [5.74, 6) is 0.993. The van der Waals surface area contributed by atoms with Crippen molar-refractivity contribution in [3.8, 4) is 11.5 Å². The lowest BCUT2D eigenvalue weighted by molar-refractivity contribution is 0.102. The number of benzene rings is 1. The van der Waals surface area contributed by atoms with Gasteiger partial charge in [0, 0.05) is 12.1 Å². The van der Waals surface area contributed by atoms with E-state index in [1.54, 1.807) is 31.6 Å². The maximum absolute atomic E-state index is 13.0. The van der Waals surface area contributed by atoms with Crippen molar-refractivity contribution < 1.29 is 19.1 Å². The summed E-state index contributed by atoms with van der Waals surface area (Å²) < 4.78 is 12.3. The molecule has 0 amide bonds. The Bertz CT molecular complexity index is 782. The van der Waals surface area contributed by atoms with Crippen molar-refractivity contribution >= 4 is 12.1 Å². The highest BCUT2D eigenvalue weighted by Crippen LogP contribution is 2.30. The van der Waals surface area contributed by atoms with E-state index in [0.29, 0.717) is 35.0 Å². The molecular weight excluding hydrogens is 332 g/mol. The largest absolute Gasteiger partial charge is 0.497 e. The Morgan fingerprint density at radius 3 is 2.50 bits per heavy atom. The Hall–Kier alpha value is -2.63. The molecule has 2 aromatic rings. The summed E-state index contributed by atoms with van der Waals surface area (Å²) in [6, 6.07) is 5.06. The van der Waals surface area contributed by atoms with Gasteiger partial charge in [-0.3, -0.25) is 9.59 Å². The van der Waals surface area contributed by atoms with Gasteiger partial charge in [0.05, 0.1) is 26.1 Å². The summed E-state index contributed by atoms with van der Waals surface area (Å²) in [7, 11) is 3.03. The molecule has 0 saturated heterocycles. The lowest BCUT2D eigenvalue weighted by Gasteiger charge is -2.24. The highest BCUT2D eigenvalue weighted by Gasteiger charge is 2.26. The summed E-state index contributed by atoms with van der Waals surface area (Å²) in [5.41, 5.74) is 0.795. The minimum Gasteiger partial charge on any atom is -0.497 e. The molecule has 0 radical (unpaired) electrons. The molecule has 0 fully saturated rings. The second-order valence-corrected chi connectivity index (χ2v) is 6.26. The van der Waals surface area contributed by atoms with E-state index < -0.39 is 0 Å². The first-order valence-electron chi connectivity index (χ1n) is 8.80. The van der Waals surface area contributed by atoms with Crippen LogP contribution in [0.2, 0.25) is 0 Å². The fraction of sp³-hybridized carbons (Fsp3) is 0.450. The standard InChI is InChI=1S/C20H26N2O4/c1-6-13(3)16(7-2)22-12-21-19(17(22)11-23)20(24)15-9-8-14(25-4)10-18(15)26-5/h8-13,16H,6-7H2,1-5H3.